The second-order valence-corrected chi connectivity index (χ2v) is 6.16. The number of rotatable bonds is 4. The van der Waals surface area contributed by atoms with Gasteiger partial charge in [-0.2, -0.15) is 0 Å². The predicted molar refractivity (Wildman–Crippen MR) is 84.5 cm³/mol. The molecule has 108 valence electrons. The number of fused-ring (bicyclic) bond motifs is 1. The molecule has 3 N–H and O–H groups in total. The first-order valence-corrected chi connectivity index (χ1v) is 7.56. The van der Waals surface area contributed by atoms with Crippen molar-refractivity contribution in [1.29, 1.82) is 0 Å². The van der Waals surface area contributed by atoms with Crippen LogP contribution in [0.5, 0.6) is 0 Å². The van der Waals surface area contributed by atoms with E-state index in [1.54, 1.807) is 13.0 Å². The number of benzene rings is 1. The van der Waals surface area contributed by atoms with Crippen LogP contribution in [0.25, 0.3) is 10.9 Å². The van der Waals surface area contributed by atoms with Crippen LogP contribution in [0.3, 0.4) is 0 Å². The molecular weight excluding hydrogens is 284 g/mol. The standard InChI is InChI=1S/C16H16N2O2S/c1-16(20,14-3-2-8-21-14)10-18-15(19)12-4-5-13-11(9-12)6-7-17-13/h2-9,17,20H,10H2,1H3,(H,18,19). The van der Waals surface area contributed by atoms with Crippen LogP contribution in [0, 0.1) is 0 Å². The van der Waals surface area contributed by atoms with Crippen molar-refractivity contribution in [2.75, 3.05) is 6.54 Å². The quantitative estimate of drug-likeness (QED) is 0.693. The van der Waals surface area contributed by atoms with Crippen LogP contribution in [0.4, 0.5) is 0 Å². The Balaban J connectivity index is 1.71. The first-order chi connectivity index (χ1) is 10.1. The number of aromatic amines is 1. The summed E-state index contributed by atoms with van der Waals surface area (Å²) in [5.41, 5.74) is 0.531. The van der Waals surface area contributed by atoms with E-state index in [4.69, 9.17) is 0 Å². The molecule has 2 aromatic heterocycles. The molecule has 0 saturated carbocycles. The normalized spacial score (nSPS) is 14.0. The van der Waals surface area contributed by atoms with Crippen LogP contribution in [0.2, 0.25) is 0 Å². The molecule has 0 spiro atoms. The lowest BCUT2D eigenvalue weighted by molar-refractivity contribution is 0.0557. The number of thiophene rings is 1. The van der Waals surface area contributed by atoms with E-state index in [0.717, 1.165) is 15.8 Å². The molecule has 3 rings (SSSR count). The highest BCUT2D eigenvalue weighted by atomic mass is 32.1. The van der Waals surface area contributed by atoms with Gasteiger partial charge in [-0.05, 0) is 42.6 Å². The number of carbonyl (C=O) groups excluding carboxylic acids is 1. The zero-order valence-electron chi connectivity index (χ0n) is 11.6. The zero-order valence-corrected chi connectivity index (χ0v) is 12.4. The van der Waals surface area contributed by atoms with Crippen molar-refractivity contribution in [3.8, 4) is 0 Å². The van der Waals surface area contributed by atoms with Gasteiger partial charge in [-0.3, -0.25) is 4.79 Å². The Hall–Kier alpha value is -2.11. The summed E-state index contributed by atoms with van der Waals surface area (Å²) in [4.78, 5) is 16.1. The summed E-state index contributed by atoms with van der Waals surface area (Å²) < 4.78 is 0. The van der Waals surface area contributed by atoms with Gasteiger partial charge in [0.15, 0.2) is 0 Å². The molecular formula is C16H16N2O2S. The number of H-pyrrole nitrogens is 1. The predicted octanol–water partition coefficient (Wildman–Crippen LogP) is 2.87. The average Bonchev–Trinajstić information content (AvgIpc) is 3.14. The molecule has 0 saturated heterocycles. The van der Waals surface area contributed by atoms with Crippen LogP contribution in [0.15, 0.2) is 48.0 Å². The van der Waals surface area contributed by atoms with E-state index in [1.165, 1.54) is 11.3 Å². The van der Waals surface area contributed by atoms with Gasteiger partial charge in [0.25, 0.3) is 5.91 Å². The molecule has 0 bridgehead atoms. The number of nitrogens with one attached hydrogen (secondary N) is 2. The Morgan fingerprint density at radius 1 is 1.38 bits per heavy atom. The van der Waals surface area contributed by atoms with E-state index in [9.17, 15) is 9.90 Å². The van der Waals surface area contributed by atoms with Crippen molar-refractivity contribution in [1.82, 2.24) is 10.3 Å². The maximum absolute atomic E-state index is 12.2. The third-order valence-corrected chi connectivity index (χ3v) is 4.58. The third-order valence-electron chi connectivity index (χ3n) is 3.46. The van der Waals surface area contributed by atoms with E-state index in [0.29, 0.717) is 5.56 Å². The molecule has 3 aromatic rings. The van der Waals surface area contributed by atoms with Gasteiger partial charge in [0.1, 0.15) is 5.60 Å². The van der Waals surface area contributed by atoms with Crippen molar-refractivity contribution in [2.45, 2.75) is 12.5 Å². The van der Waals surface area contributed by atoms with Crippen molar-refractivity contribution < 1.29 is 9.90 Å². The Bertz CT molecular complexity index is 760. The number of aromatic nitrogens is 1. The summed E-state index contributed by atoms with van der Waals surface area (Å²) >= 11 is 1.47. The topological polar surface area (TPSA) is 65.1 Å². The van der Waals surface area contributed by atoms with Crippen molar-refractivity contribution in [2.24, 2.45) is 0 Å². The van der Waals surface area contributed by atoms with Gasteiger partial charge in [-0.25, -0.2) is 0 Å². The first-order valence-electron chi connectivity index (χ1n) is 6.68. The van der Waals surface area contributed by atoms with E-state index >= 15 is 0 Å². The zero-order chi connectivity index (χ0) is 14.9. The van der Waals surface area contributed by atoms with Crippen molar-refractivity contribution >= 4 is 28.1 Å². The molecule has 5 heteroatoms. The molecule has 0 aliphatic carbocycles. The molecule has 21 heavy (non-hydrogen) atoms. The highest BCUT2D eigenvalue weighted by molar-refractivity contribution is 7.10. The molecule has 1 aromatic carbocycles. The molecule has 0 fully saturated rings. The van der Waals surface area contributed by atoms with Crippen LogP contribution in [0.1, 0.15) is 22.2 Å². The van der Waals surface area contributed by atoms with Crippen molar-refractivity contribution in [3.63, 3.8) is 0 Å². The molecule has 0 aliphatic rings. The minimum absolute atomic E-state index is 0.178. The summed E-state index contributed by atoms with van der Waals surface area (Å²) in [6, 6.07) is 11.2. The number of carbonyl (C=O) groups is 1. The molecule has 1 amide bonds. The summed E-state index contributed by atoms with van der Waals surface area (Å²) in [6.07, 6.45) is 1.84. The van der Waals surface area contributed by atoms with E-state index in [-0.39, 0.29) is 12.5 Å². The summed E-state index contributed by atoms with van der Waals surface area (Å²) in [5, 5.41) is 16.1. The van der Waals surface area contributed by atoms with Gasteiger partial charge in [0, 0.05) is 27.5 Å². The van der Waals surface area contributed by atoms with Crippen LogP contribution < -0.4 is 5.32 Å². The lowest BCUT2D eigenvalue weighted by Gasteiger charge is -2.22. The van der Waals surface area contributed by atoms with E-state index in [2.05, 4.69) is 10.3 Å². The molecule has 1 unspecified atom stereocenters. The lowest BCUT2D eigenvalue weighted by atomic mass is 10.0. The molecule has 1 atom stereocenters. The number of amides is 1. The second kappa shape index (κ2) is 5.35. The van der Waals surface area contributed by atoms with E-state index < -0.39 is 5.60 Å². The largest absolute Gasteiger partial charge is 0.383 e. The number of aliphatic hydroxyl groups is 1. The SMILES string of the molecule is CC(O)(CNC(=O)c1ccc2[nH]ccc2c1)c1cccs1. The van der Waals surface area contributed by atoms with Gasteiger partial charge in [-0.1, -0.05) is 6.07 Å². The Kier molecular flexibility index (Phi) is 3.53. The molecule has 0 aliphatic heterocycles. The van der Waals surface area contributed by atoms with Gasteiger partial charge >= 0.3 is 0 Å². The lowest BCUT2D eigenvalue weighted by Crippen LogP contribution is -2.38. The highest BCUT2D eigenvalue weighted by Gasteiger charge is 2.25. The van der Waals surface area contributed by atoms with Crippen LogP contribution >= 0.6 is 11.3 Å². The maximum atomic E-state index is 12.2. The van der Waals surface area contributed by atoms with Gasteiger partial charge in [0.05, 0.1) is 6.54 Å². The minimum atomic E-state index is -1.05. The number of hydrogen-bond acceptors (Lipinski definition) is 3. The fourth-order valence-electron chi connectivity index (χ4n) is 2.22. The van der Waals surface area contributed by atoms with Gasteiger partial charge in [-0.15, -0.1) is 11.3 Å². The highest BCUT2D eigenvalue weighted by Crippen LogP contribution is 2.24. The van der Waals surface area contributed by atoms with Crippen LogP contribution in [-0.4, -0.2) is 22.5 Å². The molecule has 4 nitrogen and oxygen atoms in total. The fraction of sp³-hybridized carbons (Fsp3) is 0.188. The maximum Gasteiger partial charge on any atom is 0.251 e. The molecule has 0 radical (unpaired) electrons. The van der Waals surface area contributed by atoms with Gasteiger partial charge in [0.2, 0.25) is 0 Å². The third kappa shape index (κ3) is 2.84. The number of hydrogen-bond donors (Lipinski definition) is 3. The average molecular weight is 300 g/mol. The molecule has 2 heterocycles. The Labute approximate surface area is 126 Å². The second-order valence-electron chi connectivity index (χ2n) is 5.21. The smallest absolute Gasteiger partial charge is 0.251 e. The fourth-order valence-corrected chi connectivity index (χ4v) is 3.01. The monoisotopic (exact) mass is 300 g/mol. The summed E-state index contributed by atoms with van der Waals surface area (Å²) in [5.74, 6) is -0.185. The Morgan fingerprint density at radius 2 is 2.24 bits per heavy atom. The van der Waals surface area contributed by atoms with Crippen LogP contribution in [-0.2, 0) is 5.60 Å². The van der Waals surface area contributed by atoms with Crippen molar-refractivity contribution in [3.05, 3.63) is 58.4 Å². The summed E-state index contributed by atoms with van der Waals surface area (Å²) in [6.45, 7) is 1.88. The van der Waals surface area contributed by atoms with Gasteiger partial charge < -0.3 is 15.4 Å². The van der Waals surface area contributed by atoms with E-state index in [1.807, 2.05) is 41.9 Å². The Morgan fingerprint density at radius 3 is 3.00 bits per heavy atom. The summed E-state index contributed by atoms with van der Waals surface area (Å²) in [7, 11) is 0. The first kappa shape index (κ1) is 13.9. The minimum Gasteiger partial charge on any atom is -0.383 e.